The summed E-state index contributed by atoms with van der Waals surface area (Å²) in [6.45, 7) is 3.30. The Morgan fingerprint density at radius 2 is 1.87 bits per heavy atom. The molecule has 0 amide bonds. The lowest BCUT2D eigenvalue weighted by Crippen LogP contribution is -2.37. The number of nitrogens with one attached hydrogen (secondary N) is 1. The van der Waals surface area contributed by atoms with Crippen LogP contribution < -0.4 is 19.7 Å². The monoisotopic (exact) mass is 541 g/mol. The molecule has 14 heteroatoms. The van der Waals surface area contributed by atoms with Crippen molar-refractivity contribution in [2.75, 3.05) is 70.9 Å². The van der Waals surface area contributed by atoms with Crippen LogP contribution in [-0.4, -0.2) is 95.0 Å². The van der Waals surface area contributed by atoms with Crippen molar-refractivity contribution in [3.63, 3.8) is 0 Å². The van der Waals surface area contributed by atoms with Crippen LogP contribution in [-0.2, 0) is 4.74 Å². The number of halogens is 2. The molecule has 1 fully saturated rings. The first-order valence-corrected chi connectivity index (χ1v) is 12.3. The summed E-state index contributed by atoms with van der Waals surface area (Å²) in [5, 5.41) is 3.13. The number of aromatic nitrogens is 6. The number of pyridine rings is 1. The van der Waals surface area contributed by atoms with Crippen LogP contribution in [0.4, 0.5) is 26.4 Å². The minimum absolute atomic E-state index is 0.00797. The molecule has 5 rings (SSSR count). The average Bonchev–Trinajstić information content (AvgIpc) is 3.34. The fraction of sp³-hybridized carbons (Fsp3) is 0.400. The van der Waals surface area contributed by atoms with Crippen LogP contribution in [0.1, 0.15) is 12.2 Å². The van der Waals surface area contributed by atoms with Crippen LogP contribution in [0.3, 0.4) is 0 Å². The van der Waals surface area contributed by atoms with E-state index in [2.05, 4.69) is 30.2 Å². The van der Waals surface area contributed by atoms with Gasteiger partial charge in [-0.3, -0.25) is 9.55 Å². The lowest BCUT2D eigenvalue weighted by molar-refractivity contribution is 0.122. The highest BCUT2D eigenvalue weighted by molar-refractivity contribution is 5.84. The van der Waals surface area contributed by atoms with Gasteiger partial charge >= 0.3 is 0 Å². The highest BCUT2D eigenvalue weighted by atomic mass is 19.3. The van der Waals surface area contributed by atoms with Crippen molar-refractivity contribution in [1.29, 1.82) is 0 Å². The minimum Gasteiger partial charge on any atom is -0.494 e. The van der Waals surface area contributed by atoms with Crippen LogP contribution in [0.25, 0.3) is 17.0 Å². The number of hydrogen-bond donors (Lipinski definition) is 1. The maximum atomic E-state index is 14.2. The zero-order valence-corrected chi connectivity index (χ0v) is 21.8. The average molecular weight is 542 g/mol. The number of alkyl halides is 2. The molecule has 0 aliphatic carbocycles. The Bertz CT molecular complexity index is 1430. The standard InChI is InChI=1S/C25H29F2N9O3/c1-34(2)7-12-39-17-13-16(14-28-15-17)29-23-31-24(35-8-10-38-11-9-35)33-25(32-23)36-18-5-4-6-19(37-3)20(18)30-22(36)21(26)27/h4-6,13-15,21H,7-12H2,1-3H3,(H,29,31,32,33). The number of methoxy groups -OCH3 is 1. The molecule has 0 saturated carbocycles. The predicted octanol–water partition coefficient (Wildman–Crippen LogP) is 3.07. The van der Waals surface area contributed by atoms with Crippen molar-refractivity contribution in [2.24, 2.45) is 0 Å². The highest BCUT2D eigenvalue weighted by Crippen LogP contribution is 2.32. The van der Waals surface area contributed by atoms with E-state index in [0.717, 1.165) is 6.54 Å². The molecule has 12 nitrogen and oxygen atoms in total. The zero-order chi connectivity index (χ0) is 27.4. The van der Waals surface area contributed by atoms with Gasteiger partial charge in [-0.05, 0) is 26.2 Å². The van der Waals surface area contributed by atoms with E-state index >= 15 is 0 Å². The molecule has 0 spiro atoms. The number of morpholine rings is 1. The minimum atomic E-state index is -2.89. The predicted molar refractivity (Wildman–Crippen MR) is 141 cm³/mol. The van der Waals surface area contributed by atoms with E-state index in [1.54, 1.807) is 36.7 Å². The Morgan fingerprint density at radius 1 is 1.08 bits per heavy atom. The summed E-state index contributed by atoms with van der Waals surface area (Å²) in [5.74, 6) is 0.896. The largest absolute Gasteiger partial charge is 0.494 e. The molecule has 1 aliphatic heterocycles. The smallest absolute Gasteiger partial charge is 0.296 e. The van der Waals surface area contributed by atoms with E-state index in [0.29, 0.717) is 61.6 Å². The number of ether oxygens (including phenoxy) is 3. The van der Waals surface area contributed by atoms with Crippen molar-refractivity contribution in [1.82, 2.24) is 34.4 Å². The molecule has 3 aromatic heterocycles. The van der Waals surface area contributed by atoms with Gasteiger partial charge < -0.3 is 29.3 Å². The van der Waals surface area contributed by atoms with E-state index in [1.165, 1.54) is 11.7 Å². The summed E-state index contributed by atoms with van der Waals surface area (Å²) >= 11 is 0. The summed E-state index contributed by atoms with van der Waals surface area (Å²) in [7, 11) is 5.38. The van der Waals surface area contributed by atoms with Gasteiger partial charge in [0, 0.05) is 25.7 Å². The van der Waals surface area contributed by atoms with E-state index in [1.807, 2.05) is 23.9 Å². The number of para-hydroxylation sites is 1. The maximum Gasteiger partial charge on any atom is 0.296 e. The topological polar surface area (TPSA) is 116 Å². The molecule has 39 heavy (non-hydrogen) atoms. The first-order valence-electron chi connectivity index (χ1n) is 12.3. The van der Waals surface area contributed by atoms with Gasteiger partial charge in [0.1, 0.15) is 23.6 Å². The Morgan fingerprint density at radius 3 is 2.62 bits per heavy atom. The number of likely N-dealkylation sites (N-methyl/N-ethyl adjacent to an activating group) is 1. The second kappa shape index (κ2) is 11.7. The van der Waals surface area contributed by atoms with Gasteiger partial charge in [-0.25, -0.2) is 13.8 Å². The van der Waals surface area contributed by atoms with E-state index in [9.17, 15) is 8.78 Å². The third kappa shape index (κ3) is 5.96. The first kappa shape index (κ1) is 26.4. The zero-order valence-electron chi connectivity index (χ0n) is 21.8. The number of imidazole rings is 1. The molecule has 1 N–H and O–H groups in total. The number of anilines is 3. The number of rotatable bonds is 10. The highest BCUT2D eigenvalue weighted by Gasteiger charge is 2.26. The molecule has 1 saturated heterocycles. The molecule has 0 radical (unpaired) electrons. The van der Waals surface area contributed by atoms with Gasteiger partial charge in [0.2, 0.25) is 17.8 Å². The van der Waals surface area contributed by atoms with Gasteiger partial charge in [-0.2, -0.15) is 15.0 Å². The summed E-state index contributed by atoms with van der Waals surface area (Å²) in [6.07, 6.45) is 0.319. The molecule has 0 bridgehead atoms. The van der Waals surface area contributed by atoms with Crippen LogP contribution >= 0.6 is 0 Å². The Kier molecular flexibility index (Phi) is 7.93. The third-order valence-corrected chi connectivity index (χ3v) is 5.97. The quantitative estimate of drug-likeness (QED) is 0.319. The van der Waals surface area contributed by atoms with Crippen LogP contribution in [0, 0.1) is 0 Å². The van der Waals surface area contributed by atoms with Crippen molar-refractivity contribution < 1.29 is 23.0 Å². The number of fused-ring (bicyclic) bond motifs is 1. The molecular formula is C25H29F2N9O3. The van der Waals surface area contributed by atoms with Crippen molar-refractivity contribution in [2.45, 2.75) is 6.43 Å². The van der Waals surface area contributed by atoms with Crippen molar-refractivity contribution in [3.8, 4) is 17.4 Å². The van der Waals surface area contributed by atoms with Crippen molar-refractivity contribution in [3.05, 3.63) is 42.5 Å². The molecule has 1 aliphatic rings. The molecular weight excluding hydrogens is 512 g/mol. The lowest BCUT2D eigenvalue weighted by Gasteiger charge is -2.27. The molecule has 4 heterocycles. The van der Waals surface area contributed by atoms with Gasteiger partial charge in [0.15, 0.2) is 5.82 Å². The van der Waals surface area contributed by atoms with Crippen LogP contribution in [0.2, 0.25) is 0 Å². The second-order valence-corrected chi connectivity index (χ2v) is 8.98. The molecule has 1 aromatic carbocycles. The van der Waals surface area contributed by atoms with E-state index < -0.39 is 12.2 Å². The maximum absolute atomic E-state index is 14.2. The first-order chi connectivity index (χ1) is 18.9. The SMILES string of the molecule is COc1cccc2c1nc(C(F)F)n2-c1nc(Nc2cncc(OCCN(C)C)c2)nc(N2CCOCC2)n1. The molecule has 0 atom stereocenters. The third-order valence-electron chi connectivity index (χ3n) is 5.97. The van der Waals surface area contributed by atoms with E-state index in [-0.39, 0.29) is 17.4 Å². The van der Waals surface area contributed by atoms with Crippen molar-refractivity contribution >= 4 is 28.6 Å². The Balaban J connectivity index is 1.57. The van der Waals surface area contributed by atoms with Gasteiger partial charge in [-0.1, -0.05) is 6.07 Å². The number of benzene rings is 1. The number of hydrogen-bond acceptors (Lipinski definition) is 11. The lowest BCUT2D eigenvalue weighted by atomic mass is 10.3. The number of nitrogens with zero attached hydrogens (tertiary/aromatic N) is 8. The fourth-order valence-corrected chi connectivity index (χ4v) is 4.07. The van der Waals surface area contributed by atoms with Crippen LogP contribution in [0.15, 0.2) is 36.7 Å². The van der Waals surface area contributed by atoms with E-state index in [4.69, 9.17) is 14.2 Å². The van der Waals surface area contributed by atoms with Gasteiger partial charge in [-0.15, -0.1) is 0 Å². The summed E-state index contributed by atoms with van der Waals surface area (Å²) in [6, 6.07) is 6.80. The fourth-order valence-electron chi connectivity index (χ4n) is 4.07. The summed E-state index contributed by atoms with van der Waals surface area (Å²) in [4.78, 5) is 26.0. The summed E-state index contributed by atoms with van der Waals surface area (Å²) in [5.41, 5.74) is 1.23. The normalized spacial score (nSPS) is 13.9. The van der Waals surface area contributed by atoms with Crippen LogP contribution in [0.5, 0.6) is 11.5 Å². The second-order valence-electron chi connectivity index (χ2n) is 8.98. The Hall–Kier alpha value is -4.17. The Labute approximate surface area is 223 Å². The molecule has 206 valence electrons. The van der Waals surface area contributed by atoms with Gasteiger partial charge in [0.05, 0.1) is 43.9 Å². The molecule has 0 unspecified atom stereocenters. The summed E-state index contributed by atoms with van der Waals surface area (Å²) < 4.78 is 46.3. The van der Waals surface area contributed by atoms with Gasteiger partial charge in [0.25, 0.3) is 6.43 Å². The molecule has 4 aromatic rings.